The lowest BCUT2D eigenvalue weighted by Gasteiger charge is -2.22. The summed E-state index contributed by atoms with van der Waals surface area (Å²) in [5, 5.41) is 19.6. The minimum Gasteiger partial charge on any atom is -0.858 e. The third-order valence-electron chi connectivity index (χ3n) is 6.72. The maximum Gasteiger partial charge on any atom is 0.325 e. The molecule has 212 valence electrons. The number of rotatable bonds is 9. The van der Waals surface area contributed by atoms with E-state index in [1.54, 1.807) is 90.8 Å². The Morgan fingerprint density at radius 2 is 1.67 bits per heavy atom. The van der Waals surface area contributed by atoms with Crippen LogP contribution in [0.25, 0.3) is 0 Å². The SMILES string of the molecule is CC(=O)c1ccc(NC(=O)CC2C(=O)N(c3ccccc3)C(=S)N2Cc2c(/N=C(\[O-])c3ccccc3)on[n+]2C)cc1. The third kappa shape index (κ3) is 5.93. The predicted molar refractivity (Wildman–Crippen MR) is 156 cm³/mol. The number of Topliss-reactive ketones (excluding diaryl/α,β-unsaturated/α-hetero) is 1. The van der Waals surface area contributed by atoms with Crippen molar-refractivity contribution < 1.29 is 28.7 Å². The molecule has 1 aliphatic rings. The standard InChI is InChI=1S/C30H26N6O5S/c1-19(37)20-13-15-22(16-14-20)31-26(38)17-24-29(40)36(23-11-7-4-8-12-23)30(42)35(24)18-25-28(41-33-34(25)2)32-27(39)21-9-5-3-6-10-21/h3-16,24H,17-18H2,1-2H3,(H-,31,32,33,37,38,39). The van der Waals surface area contributed by atoms with Crippen LogP contribution in [0.1, 0.15) is 35.0 Å². The van der Waals surface area contributed by atoms with Gasteiger partial charge in [0.1, 0.15) is 12.6 Å². The van der Waals surface area contributed by atoms with E-state index in [9.17, 15) is 19.5 Å². The molecule has 11 nitrogen and oxygen atoms in total. The van der Waals surface area contributed by atoms with Crippen LogP contribution in [0.3, 0.4) is 0 Å². The van der Waals surface area contributed by atoms with Gasteiger partial charge in [-0.25, -0.2) is 4.99 Å². The second-order valence-electron chi connectivity index (χ2n) is 9.55. The Hall–Kier alpha value is -5.23. The Morgan fingerprint density at radius 1 is 1.02 bits per heavy atom. The van der Waals surface area contributed by atoms with Crippen molar-refractivity contribution in [2.24, 2.45) is 12.0 Å². The molecule has 0 aliphatic carbocycles. The van der Waals surface area contributed by atoms with E-state index in [1.165, 1.54) is 16.5 Å². The van der Waals surface area contributed by atoms with Crippen molar-refractivity contribution in [3.8, 4) is 0 Å². The average molecular weight is 583 g/mol. The number of benzene rings is 3. The lowest BCUT2D eigenvalue weighted by molar-refractivity contribution is -0.746. The molecule has 12 heteroatoms. The topological polar surface area (TPSA) is 135 Å². The number of hydrogen-bond acceptors (Lipinski definition) is 8. The molecule has 4 aromatic rings. The molecule has 0 bridgehead atoms. The summed E-state index contributed by atoms with van der Waals surface area (Å²) >= 11 is 5.75. The number of carbonyl (C=O) groups excluding carboxylic acids is 3. The Balaban J connectivity index is 1.43. The highest BCUT2D eigenvalue weighted by Crippen LogP contribution is 2.30. The first-order chi connectivity index (χ1) is 20.2. The van der Waals surface area contributed by atoms with E-state index in [2.05, 4.69) is 15.6 Å². The average Bonchev–Trinajstić information content (AvgIpc) is 3.44. The van der Waals surface area contributed by atoms with Crippen LogP contribution in [0.2, 0.25) is 0 Å². The highest BCUT2D eigenvalue weighted by Gasteiger charge is 2.46. The van der Waals surface area contributed by atoms with Crippen molar-refractivity contribution in [2.75, 3.05) is 10.2 Å². The highest BCUT2D eigenvalue weighted by atomic mass is 32.1. The van der Waals surface area contributed by atoms with Crippen molar-refractivity contribution >= 4 is 58.1 Å². The van der Waals surface area contributed by atoms with Gasteiger partial charge in [-0.1, -0.05) is 48.5 Å². The number of aliphatic imine (C=N–C) groups is 1. The zero-order valence-corrected chi connectivity index (χ0v) is 23.6. The maximum atomic E-state index is 13.8. The van der Waals surface area contributed by atoms with Gasteiger partial charge in [-0.05, 0) is 71.7 Å². The van der Waals surface area contributed by atoms with Crippen molar-refractivity contribution in [2.45, 2.75) is 25.9 Å². The molecule has 5 rings (SSSR count). The van der Waals surface area contributed by atoms with Gasteiger partial charge in [-0.3, -0.25) is 23.8 Å². The van der Waals surface area contributed by atoms with E-state index in [1.807, 2.05) is 6.07 Å². The smallest absolute Gasteiger partial charge is 0.325 e. The molecule has 1 saturated heterocycles. The van der Waals surface area contributed by atoms with Crippen LogP contribution in [-0.4, -0.2) is 44.8 Å². The number of nitrogens with one attached hydrogen (secondary N) is 1. The number of anilines is 2. The van der Waals surface area contributed by atoms with Gasteiger partial charge in [0.05, 0.1) is 12.1 Å². The number of amides is 2. The van der Waals surface area contributed by atoms with Gasteiger partial charge < -0.3 is 15.3 Å². The second kappa shape index (κ2) is 12.1. The first-order valence-electron chi connectivity index (χ1n) is 13.0. The van der Waals surface area contributed by atoms with Crippen LogP contribution >= 0.6 is 12.2 Å². The fourth-order valence-corrected chi connectivity index (χ4v) is 4.89. The number of carbonyl (C=O) groups is 3. The van der Waals surface area contributed by atoms with Crippen LogP contribution in [0.5, 0.6) is 0 Å². The number of nitrogens with zero attached hydrogens (tertiary/aromatic N) is 5. The summed E-state index contributed by atoms with van der Waals surface area (Å²) in [6.07, 6.45) is -0.221. The van der Waals surface area contributed by atoms with Crippen molar-refractivity contribution in [1.29, 1.82) is 0 Å². The summed E-state index contributed by atoms with van der Waals surface area (Å²) in [6.45, 7) is 1.45. The molecule has 1 N–H and O–H groups in total. The Morgan fingerprint density at radius 3 is 2.31 bits per heavy atom. The summed E-state index contributed by atoms with van der Waals surface area (Å²) < 4.78 is 6.75. The van der Waals surface area contributed by atoms with E-state index in [0.29, 0.717) is 28.2 Å². The first-order valence-corrected chi connectivity index (χ1v) is 13.4. The van der Waals surface area contributed by atoms with E-state index in [-0.39, 0.29) is 35.7 Å². The molecule has 1 aliphatic heterocycles. The summed E-state index contributed by atoms with van der Waals surface area (Å²) in [6, 6.07) is 22.9. The Bertz CT molecular complexity index is 1670. The van der Waals surface area contributed by atoms with Gasteiger partial charge in [0.2, 0.25) is 11.2 Å². The molecule has 1 atom stereocenters. The minimum atomic E-state index is -0.971. The normalized spacial score (nSPS) is 15.3. The molecular weight excluding hydrogens is 556 g/mol. The molecule has 3 aromatic carbocycles. The van der Waals surface area contributed by atoms with E-state index >= 15 is 0 Å². The number of aromatic nitrogens is 2. The fraction of sp³-hybridized carbons (Fsp3) is 0.167. The number of thiocarbonyl (C=S) groups is 1. The van der Waals surface area contributed by atoms with Crippen LogP contribution in [0.15, 0.2) is 94.4 Å². The summed E-state index contributed by atoms with van der Waals surface area (Å²) in [4.78, 5) is 45.6. The fourth-order valence-electron chi connectivity index (χ4n) is 4.50. The van der Waals surface area contributed by atoms with Crippen molar-refractivity contribution in [3.63, 3.8) is 0 Å². The zero-order chi connectivity index (χ0) is 29.8. The molecule has 1 aromatic heterocycles. The van der Waals surface area contributed by atoms with Gasteiger partial charge >= 0.3 is 5.88 Å². The molecule has 2 amide bonds. The molecule has 0 radical (unpaired) electrons. The van der Waals surface area contributed by atoms with E-state index < -0.39 is 17.8 Å². The summed E-state index contributed by atoms with van der Waals surface area (Å²) in [5.41, 5.74) is 2.31. The quantitative estimate of drug-likeness (QED) is 0.105. The van der Waals surface area contributed by atoms with Crippen LogP contribution in [0, 0.1) is 0 Å². The minimum absolute atomic E-state index is 0.0138. The Kier molecular flexibility index (Phi) is 8.16. The highest BCUT2D eigenvalue weighted by molar-refractivity contribution is 7.80. The van der Waals surface area contributed by atoms with Crippen LogP contribution < -0.4 is 20.0 Å². The lowest BCUT2D eigenvalue weighted by atomic mass is 10.1. The molecule has 1 fully saturated rings. The van der Waals surface area contributed by atoms with Gasteiger partial charge in [0, 0.05) is 11.3 Å². The lowest BCUT2D eigenvalue weighted by Crippen LogP contribution is -2.42. The van der Waals surface area contributed by atoms with Crippen molar-refractivity contribution in [3.05, 3.63) is 102 Å². The third-order valence-corrected chi connectivity index (χ3v) is 7.14. The molecule has 0 spiro atoms. The molecule has 42 heavy (non-hydrogen) atoms. The molecule has 0 saturated carbocycles. The molecule has 1 unspecified atom stereocenters. The summed E-state index contributed by atoms with van der Waals surface area (Å²) in [7, 11) is 1.62. The monoisotopic (exact) mass is 582 g/mol. The number of hydrogen-bond donors (Lipinski definition) is 1. The van der Waals surface area contributed by atoms with Gasteiger partial charge in [-0.2, -0.15) is 0 Å². The van der Waals surface area contributed by atoms with Crippen molar-refractivity contribution in [1.82, 2.24) is 10.2 Å². The van der Waals surface area contributed by atoms with Gasteiger partial charge in [0.25, 0.3) is 11.6 Å². The van der Waals surface area contributed by atoms with Crippen LogP contribution in [0.4, 0.5) is 17.3 Å². The number of aryl methyl sites for hydroxylation is 1. The predicted octanol–water partition coefficient (Wildman–Crippen LogP) is 2.67. The zero-order valence-electron chi connectivity index (χ0n) is 22.8. The van der Waals surface area contributed by atoms with Gasteiger partial charge in [-0.15, -0.1) is 0 Å². The number of ketones is 1. The molecular formula is C30H26N6O5S. The number of para-hydroxylation sites is 1. The van der Waals surface area contributed by atoms with E-state index in [4.69, 9.17) is 16.7 Å². The second-order valence-corrected chi connectivity index (χ2v) is 9.92. The molecule has 2 heterocycles. The van der Waals surface area contributed by atoms with E-state index in [0.717, 1.165) is 0 Å². The first kappa shape index (κ1) is 28.3. The Labute approximate surface area is 246 Å². The van der Waals surface area contributed by atoms with Crippen LogP contribution in [-0.2, 0) is 23.2 Å². The van der Waals surface area contributed by atoms with Gasteiger partial charge in [0.15, 0.2) is 17.9 Å². The maximum absolute atomic E-state index is 13.8. The summed E-state index contributed by atoms with van der Waals surface area (Å²) in [5.74, 6) is -1.45. The largest absolute Gasteiger partial charge is 0.858 e.